The van der Waals surface area contributed by atoms with Gasteiger partial charge in [-0.2, -0.15) is 0 Å². The molecule has 0 bridgehead atoms. The van der Waals surface area contributed by atoms with Gasteiger partial charge in [0.2, 0.25) is 0 Å². The molecule has 2 aliphatic rings. The van der Waals surface area contributed by atoms with Gasteiger partial charge >= 0.3 is 11.9 Å². The second-order valence-corrected chi connectivity index (χ2v) is 12.1. The first-order valence-corrected chi connectivity index (χ1v) is 16.4. The molecule has 2 aromatic carbocycles. The number of methoxy groups -OCH3 is 1. The van der Waals surface area contributed by atoms with Crippen LogP contribution in [0.5, 0.6) is 0 Å². The molecule has 0 unspecified atom stereocenters. The fourth-order valence-electron chi connectivity index (χ4n) is 6.10. The van der Waals surface area contributed by atoms with Crippen molar-refractivity contribution in [3.05, 3.63) is 71.8 Å². The molecule has 0 saturated carbocycles. The van der Waals surface area contributed by atoms with Gasteiger partial charge in [0.1, 0.15) is 24.5 Å². The molecule has 4 rings (SSSR count). The largest absolute Gasteiger partial charge is 0.469 e. The third-order valence-electron chi connectivity index (χ3n) is 8.64. The number of hydrogen-bond donors (Lipinski definition) is 3. The first-order chi connectivity index (χ1) is 22.8. The Morgan fingerprint density at radius 3 is 2.30 bits per heavy atom. The maximum atomic E-state index is 14.7. The molecule has 2 fully saturated rings. The van der Waals surface area contributed by atoms with Crippen LogP contribution in [0, 0.1) is 0 Å². The van der Waals surface area contributed by atoms with E-state index in [2.05, 4.69) is 4.74 Å². The summed E-state index contributed by atoms with van der Waals surface area (Å²) >= 11 is 0. The van der Waals surface area contributed by atoms with Crippen molar-refractivity contribution in [1.82, 2.24) is 4.90 Å². The molecule has 47 heavy (non-hydrogen) atoms. The Balaban J connectivity index is 1.46. The summed E-state index contributed by atoms with van der Waals surface area (Å²) in [4.78, 5) is 26.1. The molecule has 0 spiro atoms. The predicted octanol–water partition coefficient (Wildman–Crippen LogP) is 3.18. The summed E-state index contributed by atoms with van der Waals surface area (Å²) in [5, 5.41) is 30.5. The van der Waals surface area contributed by atoms with Crippen LogP contribution in [-0.2, 0) is 35.1 Å². The number of alkyl halides is 1. The number of carbonyl (C=O) groups is 2. The first-order valence-electron chi connectivity index (χ1n) is 16.4. The van der Waals surface area contributed by atoms with Crippen molar-refractivity contribution >= 4 is 11.9 Å². The minimum absolute atomic E-state index is 0.0173. The fourth-order valence-corrected chi connectivity index (χ4v) is 6.10. The molecule has 0 amide bonds. The van der Waals surface area contributed by atoms with Crippen LogP contribution in [0.3, 0.4) is 0 Å². The lowest BCUT2D eigenvalue weighted by atomic mass is 10.0. The topological polar surface area (TPSA) is 144 Å². The van der Waals surface area contributed by atoms with Crippen LogP contribution in [-0.4, -0.2) is 115 Å². The molecule has 2 saturated heterocycles. The molecule has 11 nitrogen and oxygen atoms in total. The lowest BCUT2D eigenvalue weighted by Crippen LogP contribution is -2.51. The van der Waals surface area contributed by atoms with Gasteiger partial charge in [-0.3, -0.25) is 9.69 Å². The highest BCUT2D eigenvalue weighted by atomic mass is 19.1. The zero-order valence-electron chi connectivity index (χ0n) is 26.9. The average molecular weight is 662 g/mol. The summed E-state index contributed by atoms with van der Waals surface area (Å²) in [6.45, 7) is -0.328. The van der Waals surface area contributed by atoms with Gasteiger partial charge in [0, 0.05) is 26.1 Å². The molecule has 2 heterocycles. The predicted molar refractivity (Wildman–Crippen MR) is 169 cm³/mol. The number of unbranched alkanes of at least 4 members (excludes halogenated alkanes) is 5. The van der Waals surface area contributed by atoms with Gasteiger partial charge in [-0.15, -0.1) is 0 Å². The van der Waals surface area contributed by atoms with Crippen LogP contribution in [0.1, 0.15) is 60.9 Å². The molecule has 0 aliphatic carbocycles. The summed E-state index contributed by atoms with van der Waals surface area (Å²) in [5.74, 6) is -0.782. The second kappa shape index (κ2) is 19.1. The van der Waals surface area contributed by atoms with E-state index in [9.17, 15) is 29.3 Å². The van der Waals surface area contributed by atoms with E-state index >= 15 is 0 Å². The number of benzene rings is 2. The average Bonchev–Trinajstić information content (AvgIpc) is 3.56. The van der Waals surface area contributed by atoms with E-state index in [1.54, 1.807) is 35.2 Å². The van der Waals surface area contributed by atoms with Gasteiger partial charge in [-0.05, 0) is 30.5 Å². The summed E-state index contributed by atoms with van der Waals surface area (Å²) in [5.41, 5.74) is 1.22. The second-order valence-electron chi connectivity index (χ2n) is 12.1. The lowest BCUT2D eigenvalue weighted by molar-refractivity contribution is -0.170. The van der Waals surface area contributed by atoms with Gasteiger partial charge < -0.3 is 39.0 Å². The molecular formula is C35H48FNO10. The van der Waals surface area contributed by atoms with E-state index in [0.29, 0.717) is 18.6 Å². The van der Waals surface area contributed by atoms with Crippen molar-refractivity contribution in [3.8, 4) is 0 Å². The quantitative estimate of drug-likeness (QED) is 0.151. The number of rotatable bonds is 19. The standard InChI is InChI=1S/C35H48FNO10/c1-43-29(40)18-12-4-2-3-5-13-19-44-35-33(47-34(42)25-16-10-7-11-17-25)32(45-23-24-14-8-6-9-15-24)28(46-35)21-37-20-26(36)31(41)30(37)27(39)22-38/h6-11,14-17,26-28,30-33,35,38-39,41H,2-5,12-13,18-23H2,1H3/t26-,27+,28-,30-,31+,32-,33+,35+/m1/s1. The van der Waals surface area contributed by atoms with E-state index in [1.807, 2.05) is 30.3 Å². The molecule has 2 aliphatic heterocycles. The van der Waals surface area contributed by atoms with Gasteiger partial charge in [-0.1, -0.05) is 74.2 Å². The number of nitrogens with zero attached hydrogens (tertiary/aromatic N) is 1. The molecular weight excluding hydrogens is 613 g/mol. The van der Waals surface area contributed by atoms with Gasteiger partial charge in [-0.25, -0.2) is 9.18 Å². The number of aliphatic hydroxyl groups excluding tert-OH is 3. The van der Waals surface area contributed by atoms with E-state index < -0.39 is 61.6 Å². The molecule has 2 aromatic rings. The number of hydrogen-bond acceptors (Lipinski definition) is 11. The molecule has 0 aromatic heterocycles. The number of ether oxygens (including phenoxy) is 5. The molecule has 12 heteroatoms. The van der Waals surface area contributed by atoms with E-state index in [0.717, 1.165) is 44.1 Å². The number of aliphatic hydroxyl groups is 3. The summed E-state index contributed by atoms with van der Waals surface area (Å²) in [7, 11) is 1.39. The number of carbonyl (C=O) groups excluding carboxylic acids is 2. The van der Waals surface area contributed by atoms with Crippen molar-refractivity contribution < 1.29 is 53.0 Å². The highest BCUT2D eigenvalue weighted by Gasteiger charge is 2.52. The van der Waals surface area contributed by atoms with Crippen molar-refractivity contribution in [3.63, 3.8) is 0 Å². The maximum absolute atomic E-state index is 14.7. The van der Waals surface area contributed by atoms with Crippen LogP contribution in [0.25, 0.3) is 0 Å². The van der Waals surface area contributed by atoms with Crippen LogP contribution in [0.15, 0.2) is 60.7 Å². The van der Waals surface area contributed by atoms with Gasteiger partial charge in [0.05, 0.1) is 38.0 Å². The third kappa shape index (κ3) is 10.8. The first kappa shape index (κ1) is 36.9. The monoisotopic (exact) mass is 661 g/mol. The van der Waals surface area contributed by atoms with Gasteiger partial charge in [0.25, 0.3) is 0 Å². The Hall–Kier alpha value is -2.97. The summed E-state index contributed by atoms with van der Waals surface area (Å²) < 4.78 is 44.2. The number of likely N-dealkylation sites (tertiary alicyclic amines) is 1. The summed E-state index contributed by atoms with van der Waals surface area (Å²) in [6, 6.07) is 16.9. The van der Waals surface area contributed by atoms with Crippen molar-refractivity contribution in [1.29, 1.82) is 0 Å². The normalized spacial score (nSPS) is 26.7. The highest BCUT2D eigenvalue weighted by molar-refractivity contribution is 5.89. The Labute approximate surface area is 275 Å². The molecule has 0 radical (unpaired) electrons. The molecule has 260 valence electrons. The minimum Gasteiger partial charge on any atom is -0.469 e. The SMILES string of the molecule is COC(=O)CCCCCCCCO[C@H]1O[C@H](CN2C[C@@H](F)[C@H](O)[C@H]2[C@@H](O)CO)[C@@H](OCc2ccccc2)[C@@H]1OC(=O)c1ccccc1. The van der Waals surface area contributed by atoms with Crippen molar-refractivity contribution in [2.75, 3.05) is 33.4 Å². The van der Waals surface area contributed by atoms with Crippen LogP contribution in [0.4, 0.5) is 4.39 Å². The van der Waals surface area contributed by atoms with E-state index in [4.69, 9.17) is 18.9 Å². The smallest absolute Gasteiger partial charge is 0.338 e. The van der Waals surface area contributed by atoms with E-state index in [-0.39, 0.29) is 25.7 Å². The van der Waals surface area contributed by atoms with Gasteiger partial charge in [0.15, 0.2) is 12.4 Å². The maximum Gasteiger partial charge on any atom is 0.338 e. The van der Waals surface area contributed by atoms with Crippen LogP contribution < -0.4 is 0 Å². The Bertz CT molecular complexity index is 1210. The minimum atomic E-state index is -1.63. The zero-order valence-corrected chi connectivity index (χ0v) is 26.9. The van der Waals surface area contributed by atoms with Crippen molar-refractivity contribution in [2.45, 2.75) is 101 Å². The third-order valence-corrected chi connectivity index (χ3v) is 8.64. The molecule has 8 atom stereocenters. The fraction of sp³-hybridized carbons (Fsp3) is 0.600. The highest BCUT2D eigenvalue weighted by Crippen LogP contribution is 2.33. The van der Waals surface area contributed by atoms with Crippen molar-refractivity contribution in [2.24, 2.45) is 0 Å². The Morgan fingerprint density at radius 1 is 0.957 bits per heavy atom. The Morgan fingerprint density at radius 2 is 1.62 bits per heavy atom. The number of halogens is 1. The molecule has 3 N–H and O–H groups in total. The van der Waals surface area contributed by atoms with Crippen LogP contribution >= 0.6 is 0 Å². The van der Waals surface area contributed by atoms with Crippen LogP contribution in [0.2, 0.25) is 0 Å². The lowest BCUT2D eigenvalue weighted by Gasteiger charge is -2.32. The number of esters is 2. The van der Waals surface area contributed by atoms with E-state index in [1.165, 1.54) is 7.11 Å². The zero-order chi connectivity index (χ0) is 33.6. The Kier molecular flexibility index (Phi) is 15.0. The summed E-state index contributed by atoms with van der Waals surface area (Å²) in [6.07, 6.45) is -2.44.